The lowest BCUT2D eigenvalue weighted by molar-refractivity contribution is 0.0691. The van der Waals surface area contributed by atoms with Gasteiger partial charge in [-0.15, -0.1) is 0 Å². The van der Waals surface area contributed by atoms with E-state index in [1.165, 1.54) is 12.1 Å². The number of rotatable bonds is 1. The number of carbonyl (C=O) groups excluding carboxylic acids is 1. The highest BCUT2D eigenvalue weighted by atomic mass is 19.1. The zero-order chi connectivity index (χ0) is 11.8. The van der Waals surface area contributed by atoms with Crippen LogP contribution in [0.1, 0.15) is 16.8 Å². The Hall–Kier alpha value is -1.42. The minimum absolute atomic E-state index is 0.0529. The Morgan fingerprint density at radius 3 is 3.06 bits per heavy atom. The first-order valence-electron chi connectivity index (χ1n) is 6.00. The van der Waals surface area contributed by atoms with E-state index in [2.05, 4.69) is 5.32 Å². The van der Waals surface area contributed by atoms with Crippen molar-refractivity contribution in [1.29, 1.82) is 0 Å². The Kier molecular flexibility index (Phi) is 2.59. The van der Waals surface area contributed by atoms with Crippen molar-refractivity contribution in [3.8, 4) is 0 Å². The lowest BCUT2D eigenvalue weighted by Gasteiger charge is -2.31. The highest BCUT2D eigenvalue weighted by Crippen LogP contribution is 2.23. The van der Waals surface area contributed by atoms with Gasteiger partial charge in [-0.25, -0.2) is 4.39 Å². The number of hydrogen-bond donors (Lipinski definition) is 1. The van der Waals surface area contributed by atoms with E-state index in [1.807, 2.05) is 4.90 Å². The van der Waals surface area contributed by atoms with Crippen molar-refractivity contribution in [3.05, 3.63) is 35.6 Å². The molecule has 3 nitrogen and oxygen atoms in total. The number of nitrogens with zero attached hydrogens (tertiary/aromatic N) is 1. The average Bonchev–Trinajstić information content (AvgIpc) is 2.67. The van der Waals surface area contributed by atoms with Crippen LogP contribution >= 0.6 is 0 Å². The molecule has 2 atom stereocenters. The number of carbonyl (C=O) groups is 1. The summed E-state index contributed by atoms with van der Waals surface area (Å²) in [5, 5.41) is 3.40. The Morgan fingerprint density at radius 1 is 1.41 bits per heavy atom. The van der Waals surface area contributed by atoms with E-state index in [9.17, 15) is 9.18 Å². The fourth-order valence-electron chi connectivity index (χ4n) is 2.80. The van der Waals surface area contributed by atoms with Crippen molar-refractivity contribution >= 4 is 5.91 Å². The molecule has 2 bridgehead atoms. The summed E-state index contributed by atoms with van der Waals surface area (Å²) in [6.45, 7) is 2.53. The van der Waals surface area contributed by atoms with E-state index in [0.29, 0.717) is 17.5 Å². The monoisotopic (exact) mass is 234 g/mol. The van der Waals surface area contributed by atoms with Gasteiger partial charge in [-0.1, -0.05) is 6.07 Å². The van der Waals surface area contributed by atoms with Crippen LogP contribution in [-0.4, -0.2) is 36.5 Å². The van der Waals surface area contributed by atoms with Crippen LogP contribution < -0.4 is 5.32 Å². The zero-order valence-corrected chi connectivity index (χ0v) is 9.53. The molecule has 90 valence electrons. The minimum Gasteiger partial charge on any atom is -0.337 e. The number of hydrogen-bond acceptors (Lipinski definition) is 2. The molecule has 2 aliphatic heterocycles. The molecule has 2 heterocycles. The van der Waals surface area contributed by atoms with Crippen molar-refractivity contribution in [2.24, 2.45) is 5.92 Å². The first kappa shape index (κ1) is 10.7. The third-order valence-electron chi connectivity index (χ3n) is 3.59. The summed E-state index contributed by atoms with van der Waals surface area (Å²) in [7, 11) is 0. The van der Waals surface area contributed by atoms with Crippen LogP contribution in [0.4, 0.5) is 4.39 Å². The van der Waals surface area contributed by atoms with Gasteiger partial charge in [0.1, 0.15) is 5.82 Å². The van der Waals surface area contributed by atoms with Crippen molar-refractivity contribution < 1.29 is 9.18 Å². The maximum absolute atomic E-state index is 13.1. The number of halogens is 1. The van der Waals surface area contributed by atoms with Crippen LogP contribution in [-0.2, 0) is 0 Å². The van der Waals surface area contributed by atoms with Gasteiger partial charge in [0.15, 0.2) is 0 Å². The summed E-state index contributed by atoms with van der Waals surface area (Å²) in [5.41, 5.74) is 0.450. The molecule has 0 aromatic heterocycles. The summed E-state index contributed by atoms with van der Waals surface area (Å²) < 4.78 is 13.1. The van der Waals surface area contributed by atoms with Gasteiger partial charge in [-0.2, -0.15) is 0 Å². The Labute approximate surface area is 99.6 Å². The van der Waals surface area contributed by atoms with Gasteiger partial charge in [0.2, 0.25) is 0 Å². The van der Waals surface area contributed by atoms with Gasteiger partial charge in [-0.3, -0.25) is 4.79 Å². The summed E-state index contributed by atoms with van der Waals surface area (Å²) in [6.07, 6.45) is 1.16. The topological polar surface area (TPSA) is 32.3 Å². The molecule has 2 fully saturated rings. The van der Waals surface area contributed by atoms with Crippen LogP contribution in [0.15, 0.2) is 24.3 Å². The number of fused-ring (bicyclic) bond motifs is 2. The van der Waals surface area contributed by atoms with Crippen LogP contribution in [0.2, 0.25) is 0 Å². The second-order valence-corrected chi connectivity index (χ2v) is 4.93. The molecule has 0 aliphatic carbocycles. The second-order valence-electron chi connectivity index (χ2n) is 4.93. The zero-order valence-electron chi connectivity index (χ0n) is 9.53. The number of likely N-dealkylation sites (tertiary alicyclic amines) is 1. The van der Waals surface area contributed by atoms with Crippen LogP contribution in [0.25, 0.3) is 0 Å². The van der Waals surface area contributed by atoms with Crippen molar-refractivity contribution in [2.45, 2.75) is 12.5 Å². The van der Waals surface area contributed by atoms with E-state index in [-0.39, 0.29) is 11.7 Å². The summed E-state index contributed by atoms with van der Waals surface area (Å²) in [5.74, 6) is 0.156. The molecule has 1 N–H and O–H groups in total. The van der Waals surface area contributed by atoms with E-state index >= 15 is 0 Å². The van der Waals surface area contributed by atoms with Crippen molar-refractivity contribution in [3.63, 3.8) is 0 Å². The van der Waals surface area contributed by atoms with Gasteiger partial charge >= 0.3 is 0 Å². The Bertz CT molecular complexity index is 437. The standard InChI is InChI=1S/C13H15FN2O/c14-11-3-1-2-10(5-11)13(17)16-7-9-4-12(8-16)15-6-9/h1-3,5,9,12,15H,4,6-8H2. The Balaban J connectivity index is 1.78. The molecule has 3 rings (SSSR count). The molecule has 17 heavy (non-hydrogen) atoms. The van der Waals surface area contributed by atoms with Gasteiger partial charge in [0, 0.05) is 31.2 Å². The number of amides is 1. The van der Waals surface area contributed by atoms with E-state index < -0.39 is 0 Å². The third kappa shape index (κ3) is 2.05. The average molecular weight is 234 g/mol. The predicted molar refractivity (Wildman–Crippen MR) is 62.2 cm³/mol. The fraction of sp³-hybridized carbons (Fsp3) is 0.462. The van der Waals surface area contributed by atoms with Crippen molar-refractivity contribution in [2.75, 3.05) is 19.6 Å². The third-order valence-corrected chi connectivity index (χ3v) is 3.59. The maximum atomic E-state index is 13.1. The molecular formula is C13H15FN2O. The minimum atomic E-state index is -0.353. The SMILES string of the molecule is O=C(c1cccc(F)c1)N1CC2CNC(C2)C1. The molecule has 4 heteroatoms. The molecular weight excluding hydrogens is 219 g/mol. The predicted octanol–water partition coefficient (Wildman–Crippen LogP) is 1.26. The molecule has 0 saturated carbocycles. The molecule has 1 amide bonds. The highest BCUT2D eigenvalue weighted by molar-refractivity contribution is 5.94. The van der Waals surface area contributed by atoms with Gasteiger partial charge in [0.05, 0.1) is 0 Å². The van der Waals surface area contributed by atoms with Gasteiger partial charge in [-0.05, 0) is 30.5 Å². The molecule has 0 spiro atoms. The molecule has 2 unspecified atom stereocenters. The second kappa shape index (κ2) is 4.11. The number of nitrogens with one attached hydrogen (secondary N) is 1. The quantitative estimate of drug-likeness (QED) is 0.793. The van der Waals surface area contributed by atoms with Gasteiger partial charge in [0.25, 0.3) is 5.91 Å². The molecule has 2 saturated heterocycles. The fourth-order valence-corrected chi connectivity index (χ4v) is 2.80. The van der Waals surface area contributed by atoms with E-state index in [4.69, 9.17) is 0 Å². The van der Waals surface area contributed by atoms with E-state index in [0.717, 1.165) is 26.1 Å². The lowest BCUT2D eigenvalue weighted by Crippen LogP contribution is -2.44. The number of benzene rings is 1. The normalized spacial score (nSPS) is 27.2. The molecule has 1 aromatic carbocycles. The first-order valence-corrected chi connectivity index (χ1v) is 6.00. The molecule has 0 radical (unpaired) electrons. The molecule has 1 aromatic rings. The van der Waals surface area contributed by atoms with E-state index in [1.54, 1.807) is 12.1 Å². The Morgan fingerprint density at radius 2 is 2.29 bits per heavy atom. The summed E-state index contributed by atoms with van der Waals surface area (Å²) in [4.78, 5) is 14.0. The maximum Gasteiger partial charge on any atom is 0.254 e. The van der Waals surface area contributed by atoms with Crippen LogP contribution in [0, 0.1) is 11.7 Å². The smallest absolute Gasteiger partial charge is 0.254 e. The number of piperidine rings is 1. The largest absolute Gasteiger partial charge is 0.337 e. The van der Waals surface area contributed by atoms with Crippen LogP contribution in [0.5, 0.6) is 0 Å². The van der Waals surface area contributed by atoms with Crippen LogP contribution in [0.3, 0.4) is 0 Å². The lowest BCUT2D eigenvalue weighted by atomic mass is 9.99. The summed E-state index contributed by atoms with van der Waals surface area (Å²) >= 11 is 0. The van der Waals surface area contributed by atoms with Crippen molar-refractivity contribution in [1.82, 2.24) is 10.2 Å². The first-order chi connectivity index (χ1) is 8.22. The molecule has 2 aliphatic rings. The van der Waals surface area contributed by atoms with Gasteiger partial charge < -0.3 is 10.2 Å². The highest BCUT2D eigenvalue weighted by Gasteiger charge is 2.34. The summed E-state index contributed by atoms with van der Waals surface area (Å²) in [6, 6.07) is 6.35.